The van der Waals surface area contributed by atoms with Crippen LogP contribution in [0.25, 0.3) is 0 Å². The van der Waals surface area contributed by atoms with Crippen molar-refractivity contribution in [1.82, 2.24) is 0 Å². The summed E-state index contributed by atoms with van der Waals surface area (Å²) < 4.78 is 0. The third-order valence-electron chi connectivity index (χ3n) is 2.77. The number of rotatable bonds is 3. The average Bonchev–Trinajstić information content (AvgIpc) is 2.35. The first-order valence-electron chi connectivity index (χ1n) is 5.00. The zero-order valence-corrected chi connectivity index (χ0v) is 9.23. The molecule has 0 bridgehead atoms. The molecular formula is C10H21NS. The molecule has 72 valence electrons. The van der Waals surface area contributed by atoms with Gasteiger partial charge < -0.3 is 5.73 Å². The maximum Gasteiger partial charge on any atom is 0.00651 e. The van der Waals surface area contributed by atoms with Gasteiger partial charge in [0.15, 0.2) is 0 Å². The normalized spacial score (nSPS) is 32.8. The van der Waals surface area contributed by atoms with Crippen LogP contribution < -0.4 is 5.73 Å². The highest BCUT2D eigenvalue weighted by Gasteiger charge is 2.24. The zero-order chi connectivity index (χ0) is 9.14. The Morgan fingerprint density at radius 2 is 1.92 bits per heavy atom. The first-order chi connectivity index (χ1) is 5.59. The van der Waals surface area contributed by atoms with Crippen molar-refractivity contribution >= 4 is 11.8 Å². The average molecular weight is 187 g/mol. The van der Waals surface area contributed by atoms with Crippen molar-refractivity contribution in [3.63, 3.8) is 0 Å². The molecule has 0 aromatic heterocycles. The number of hydrogen-bond acceptors (Lipinski definition) is 2. The van der Waals surface area contributed by atoms with Crippen molar-refractivity contribution in [3.8, 4) is 0 Å². The first-order valence-corrected chi connectivity index (χ1v) is 5.95. The first kappa shape index (κ1) is 10.4. The SMILES string of the molecule is CC(C)C(C)SC1CCC(N)C1. The molecule has 1 fully saturated rings. The van der Waals surface area contributed by atoms with Crippen LogP contribution in [0.3, 0.4) is 0 Å². The largest absolute Gasteiger partial charge is 0.328 e. The molecule has 3 unspecified atom stereocenters. The van der Waals surface area contributed by atoms with Gasteiger partial charge in [-0.3, -0.25) is 0 Å². The highest BCUT2D eigenvalue weighted by atomic mass is 32.2. The fourth-order valence-corrected chi connectivity index (χ4v) is 3.11. The van der Waals surface area contributed by atoms with E-state index in [1.807, 2.05) is 0 Å². The molecule has 2 heteroatoms. The van der Waals surface area contributed by atoms with Crippen LogP contribution in [-0.2, 0) is 0 Å². The summed E-state index contributed by atoms with van der Waals surface area (Å²) in [5.41, 5.74) is 5.86. The Balaban J connectivity index is 2.23. The van der Waals surface area contributed by atoms with Crippen LogP contribution in [-0.4, -0.2) is 16.5 Å². The fraction of sp³-hybridized carbons (Fsp3) is 1.00. The molecule has 1 aliphatic rings. The molecule has 0 aromatic rings. The van der Waals surface area contributed by atoms with E-state index in [0.717, 1.165) is 16.4 Å². The van der Waals surface area contributed by atoms with E-state index in [0.29, 0.717) is 6.04 Å². The summed E-state index contributed by atoms with van der Waals surface area (Å²) in [6, 6.07) is 0.488. The Hall–Kier alpha value is 0.310. The molecule has 2 N–H and O–H groups in total. The van der Waals surface area contributed by atoms with Crippen LogP contribution in [0.2, 0.25) is 0 Å². The second-order valence-corrected chi connectivity index (χ2v) is 5.96. The lowest BCUT2D eigenvalue weighted by Gasteiger charge is -2.19. The van der Waals surface area contributed by atoms with E-state index in [4.69, 9.17) is 5.73 Å². The minimum Gasteiger partial charge on any atom is -0.328 e. The van der Waals surface area contributed by atoms with E-state index in [9.17, 15) is 0 Å². The smallest absolute Gasteiger partial charge is 0.00651 e. The quantitative estimate of drug-likeness (QED) is 0.735. The standard InChI is InChI=1S/C10H21NS/c1-7(2)8(3)12-10-5-4-9(11)6-10/h7-10H,4-6,11H2,1-3H3. The van der Waals surface area contributed by atoms with E-state index < -0.39 is 0 Å². The number of thioether (sulfide) groups is 1. The van der Waals surface area contributed by atoms with E-state index in [-0.39, 0.29) is 0 Å². The fourth-order valence-electron chi connectivity index (χ4n) is 1.56. The van der Waals surface area contributed by atoms with Gasteiger partial charge in [-0.1, -0.05) is 20.8 Å². The maximum absolute atomic E-state index is 5.86. The van der Waals surface area contributed by atoms with E-state index in [1.54, 1.807) is 0 Å². The predicted octanol–water partition coefficient (Wildman–Crippen LogP) is 2.64. The zero-order valence-electron chi connectivity index (χ0n) is 8.42. The van der Waals surface area contributed by atoms with Gasteiger partial charge in [-0.15, -0.1) is 0 Å². The lowest BCUT2D eigenvalue weighted by molar-refractivity contribution is 0.637. The molecule has 1 aliphatic carbocycles. The molecule has 12 heavy (non-hydrogen) atoms. The Kier molecular flexibility index (Phi) is 3.91. The third kappa shape index (κ3) is 2.98. The monoisotopic (exact) mass is 187 g/mol. The van der Waals surface area contributed by atoms with Gasteiger partial charge in [0, 0.05) is 16.5 Å². The Labute approximate surface area is 80.5 Å². The van der Waals surface area contributed by atoms with Crippen LogP contribution in [0.1, 0.15) is 40.0 Å². The maximum atomic E-state index is 5.86. The molecule has 1 rings (SSSR count). The Morgan fingerprint density at radius 3 is 2.33 bits per heavy atom. The van der Waals surface area contributed by atoms with Crippen molar-refractivity contribution in [3.05, 3.63) is 0 Å². The second-order valence-electron chi connectivity index (χ2n) is 4.28. The molecular weight excluding hydrogens is 166 g/mol. The summed E-state index contributed by atoms with van der Waals surface area (Å²) in [6.45, 7) is 6.93. The Bertz CT molecular complexity index is 136. The number of nitrogens with two attached hydrogens (primary N) is 1. The molecule has 0 spiro atoms. The molecule has 0 aliphatic heterocycles. The molecule has 0 amide bonds. The number of hydrogen-bond donors (Lipinski definition) is 1. The highest BCUT2D eigenvalue weighted by molar-refractivity contribution is 8.00. The van der Waals surface area contributed by atoms with Crippen LogP contribution >= 0.6 is 11.8 Å². The van der Waals surface area contributed by atoms with Gasteiger partial charge in [-0.25, -0.2) is 0 Å². The third-order valence-corrected chi connectivity index (χ3v) is 4.56. The van der Waals surface area contributed by atoms with Crippen molar-refractivity contribution < 1.29 is 0 Å². The van der Waals surface area contributed by atoms with Gasteiger partial charge in [-0.2, -0.15) is 11.8 Å². The van der Waals surface area contributed by atoms with Crippen molar-refractivity contribution in [2.75, 3.05) is 0 Å². The lowest BCUT2D eigenvalue weighted by Crippen LogP contribution is -2.17. The van der Waals surface area contributed by atoms with Gasteiger partial charge in [0.2, 0.25) is 0 Å². The van der Waals surface area contributed by atoms with Crippen LogP contribution in [0.4, 0.5) is 0 Å². The minimum atomic E-state index is 0.488. The summed E-state index contributed by atoms with van der Waals surface area (Å²) in [6.07, 6.45) is 3.81. The predicted molar refractivity (Wildman–Crippen MR) is 57.5 cm³/mol. The molecule has 0 saturated heterocycles. The highest BCUT2D eigenvalue weighted by Crippen LogP contribution is 2.33. The molecule has 0 aromatic carbocycles. The summed E-state index contributed by atoms with van der Waals surface area (Å²) >= 11 is 2.14. The summed E-state index contributed by atoms with van der Waals surface area (Å²) in [7, 11) is 0. The summed E-state index contributed by atoms with van der Waals surface area (Å²) in [4.78, 5) is 0. The minimum absolute atomic E-state index is 0.488. The van der Waals surface area contributed by atoms with Crippen molar-refractivity contribution in [1.29, 1.82) is 0 Å². The van der Waals surface area contributed by atoms with E-state index >= 15 is 0 Å². The van der Waals surface area contributed by atoms with Gasteiger partial charge in [-0.05, 0) is 25.2 Å². The molecule has 1 nitrogen and oxygen atoms in total. The lowest BCUT2D eigenvalue weighted by atomic mass is 10.2. The van der Waals surface area contributed by atoms with Crippen LogP contribution in [0.15, 0.2) is 0 Å². The second kappa shape index (κ2) is 4.52. The van der Waals surface area contributed by atoms with Crippen molar-refractivity contribution in [2.45, 2.75) is 56.6 Å². The van der Waals surface area contributed by atoms with Gasteiger partial charge in [0.25, 0.3) is 0 Å². The topological polar surface area (TPSA) is 26.0 Å². The van der Waals surface area contributed by atoms with Gasteiger partial charge in [0.1, 0.15) is 0 Å². The molecule has 0 heterocycles. The molecule has 3 atom stereocenters. The van der Waals surface area contributed by atoms with Crippen LogP contribution in [0, 0.1) is 5.92 Å². The molecule has 0 radical (unpaired) electrons. The van der Waals surface area contributed by atoms with Crippen LogP contribution in [0.5, 0.6) is 0 Å². The van der Waals surface area contributed by atoms with Crippen molar-refractivity contribution in [2.24, 2.45) is 11.7 Å². The summed E-state index contributed by atoms with van der Waals surface area (Å²) in [5, 5.41) is 1.64. The van der Waals surface area contributed by atoms with E-state index in [1.165, 1.54) is 19.3 Å². The van der Waals surface area contributed by atoms with Gasteiger partial charge in [0.05, 0.1) is 0 Å². The van der Waals surface area contributed by atoms with E-state index in [2.05, 4.69) is 32.5 Å². The summed E-state index contributed by atoms with van der Waals surface area (Å²) in [5.74, 6) is 0.798. The molecule has 1 saturated carbocycles. The Morgan fingerprint density at radius 1 is 1.25 bits per heavy atom. The van der Waals surface area contributed by atoms with Gasteiger partial charge >= 0.3 is 0 Å².